The molecule has 194 valence electrons. The molecule has 1 aliphatic heterocycles. The maximum Gasteiger partial charge on any atom is 0.333 e. The second-order valence-corrected chi connectivity index (χ2v) is 8.20. The van der Waals surface area contributed by atoms with E-state index in [1.165, 1.54) is 0 Å². The van der Waals surface area contributed by atoms with Crippen LogP contribution in [0.4, 0.5) is 0 Å². The number of hydroxylamine groups is 2. The number of aliphatic hydroxyl groups is 1. The van der Waals surface area contributed by atoms with E-state index in [1.807, 2.05) is 79.0 Å². The summed E-state index contributed by atoms with van der Waals surface area (Å²) in [5, 5.41) is 14.0. The highest BCUT2D eigenvalue weighted by Gasteiger charge is 2.32. The number of nitrogens with one attached hydrogen (secondary N) is 1. The highest BCUT2D eigenvalue weighted by atomic mass is 16.7. The second-order valence-electron chi connectivity index (χ2n) is 8.20. The van der Waals surface area contributed by atoms with Crippen molar-refractivity contribution in [1.29, 1.82) is 0 Å². The summed E-state index contributed by atoms with van der Waals surface area (Å²) in [7, 11) is 0. The van der Waals surface area contributed by atoms with Crippen molar-refractivity contribution >= 4 is 17.8 Å². The molecular formula is C28H36N2O6. The van der Waals surface area contributed by atoms with Crippen LogP contribution in [0.5, 0.6) is 0 Å². The van der Waals surface area contributed by atoms with Crippen LogP contribution in [0.2, 0.25) is 0 Å². The third-order valence-corrected chi connectivity index (χ3v) is 5.10. The van der Waals surface area contributed by atoms with E-state index in [0.29, 0.717) is 30.3 Å². The smallest absolute Gasteiger partial charge is 0.333 e. The Morgan fingerprint density at radius 3 is 2.31 bits per heavy atom. The van der Waals surface area contributed by atoms with Gasteiger partial charge in [0, 0.05) is 25.8 Å². The van der Waals surface area contributed by atoms with E-state index < -0.39 is 23.9 Å². The van der Waals surface area contributed by atoms with E-state index in [1.54, 1.807) is 0 Å². The van der Waals surface area contributed by atoms with Gasteiger partial charge in [-0.3, -0.25) is 9.59 Å². The number of allylic oxidation sites excluding steroid dienone is 13. The van der Waals surface area contributed by atoms with Crippen molar-refractivity contribution in [2.45, 2.75) is 51.0 Å². The van der Waals surface area contributed by atoms with Crippen LogP contribution < -0.4 is 5.32 Å². The lowest BCUT2D eigenvalue weighted by atomic mass is 10.2. The number of amides is 2. The lowest BCUT2D eigenvalue weighted by Crippen LogP contribution is -2.32. The Kier molecular flexibility index (Phi) is 14.3. The molecular weight excluding hydrogens is 460 g/mol. The summed E-state index contributed by atoms with van der Waals surface area (Å²) in [6, 6.07) is 0. The van der Waals surface area contributed by atoms with Gasteiger partial charge in [-0.15, -0.1) is 5.06 Å². The van der Waals surface area contributed by atoms with Crippen molar-refractivity contribution in [3.8, 4) is 0 Å². The maximum atomic E-state index is 11.8. The molecule has 1 heterocycles. The standard InChI is InChI=1S/C28H36N2O6/c31-24(22-29-21-15-11-14-18-28(34)36-30-26(32)19-20-27(30)33)23-35-25-16-12-9-7-5-3-1-2-4-6-8-10-13-17-25/h1-9,12-13,16-17,24,29,31H,10-11,14-15,18-23H2/b3-1-,4-2-,7-5-,8-6-,12-9-,17-13?,25-16+. The molecule has 2 amide bonds. The first-order chi connectivity index (χ1) is 17.6. The molecule has 0 radical (unpaired) electrons. The minimum atomic E-state index is -0.666. The Morgan fingerprint density at radius 2 is 1.58 bits per heavy atom. The minimum Gasteiger partial charge on any atom is -0.491 e. The van der Waals surface area contributed by atoms with Gasteiger partial charge in [0.25, 0.3) is 11.8 Å². The first-order valence-corrected chi connectivity index (χ1v) is 12.3. The summed E-state index contributed by atoms with van der Waals surface area (Å²) in [5.74, 6) is -0.856. The van der Waals surface area contributed by atoms with Crippen LogP contribution >= 0.6 is 0 Å². The zero-order valence-electron chi connectivity index (χ0n) is 20.6. The molecule has 2 aliphatic rings. The van der Waals surface area contributed by atoms with Gasteiger partial charge < -0.3 is 20.0 Å². The van der Waals surface area contributed by atoms with E-state index in [4.69, 9.17) is 9.57 Å². The summed E-state index contributed by atoms with van der Waals surface area (Å²) in [6.07, 6.45) is 27.9. The van der Waals surface area contributed by atoms with Crippen LogP contribution in [0.15, 0.2) is 84.7 Å². The van der Waals surface area contributed by atoms with Crippen molar-refractivity contribution in [2.24, 2.45) is 0 Å². The van der Waals surface area contributed by atoms with Crippen LogP contribution in [0.1, 0.15) is 44.9 Å². The van der Waals surface area contributed by atoms with Gasteiger partial charge >= 0.3 is 5.97 Å². The van der Waals surface area contributed by atoms with Crippen LogP contribution in [-0.4, -0.2) is 53.8 Å². The molecule has 0 aromatic heterocycles. The Labute approximate surface area is 213 Å². The fraction of sp³-hybridized carbons (Fsp3) is 0.393. The van der Waals surface area contributed by atoms with Crippen LogP contribution in [0, 0.1) is 0 Å². The average Bonchev–Trinajstić information content (AvgIpc) is 3.17. The number of ether oxygens (including phenoxy) is 1. The van der Waals surface area contributed by atoms with E-state index in [9.17, 15) is 19.5 Å². The maximum absolute atomic E-state index is 11.8. The summed E-state index contributed by atoms with van der Waals surface area (Å²) in [6.45, 7) is 1.23. The average molecular weight is 497 g/mol. The highest BCUT2D eigenvalue weighted by Crippen LogP contribution is 2.13. The van der Waals surface area contributed by atoms with Gasteiger partial charge in [-0.1, -0.05) is 73.3 Å². The Bertz CT molecular complexity index is 910. The van der Waals surface area contributed by atoms with Gasteiger partial charge in [-0.25, -0.2) is 4.79 Å². The molecule has 8 heteroatoms. The molecule has 0 aromatic rings. The van der Waals surface area contributed by atoms with Gasteiger partial charge in [-0.05, 0) is 38.0 Å². The van der Waals surface area contributed by atoms with Crippen LogP contribution in [-0.2, 0) is 24.0 Å². The van der Waals surface area contributed by atoms with Gasteiger partial charge in [0.1, 0.15) is 18.5 Å². The third-order valence-electron chi connectivity index (χ3n) is 5.10. The number of imide groups is 1. The quantitative estimate of drug-likeness (QED) is 0.313. The Hall–Kier alpha value is -3.49. The number of carbonyl (C=O) groups is 3. The molecule has 1 fully saturated rings. The topological polar surface area (TPSA) is 105 Å². The fourth-order valence-electron chi connectivity index (χ4n) is 3.19. The van der Waals surface area contributed by atoms with Crippen LogP contribution in [0.3, 0.4) is 0 Å². The van der Waals surface area contributed by atoms with E-state index in [0.717, 1.165) is 19.3 Å². The van der Waals surface area contributed by atoms with Gasteiger partial charge in [0.05, 0.1) is 0 Å². The molecule has 36 heavy (non-hydrogen) atoms. The number of rotatable bonds is 12. The molecule has 1 unspecified atom stereocenters. The molecule has 1 saturated heterocycles. The Balaban J connectivity index is 1.59. The molecule has 1 aliphatic carbocycles. The number of hydrogen-bond acceptors (Lipinski definition) is 7. The molecule has 8 nitrogen and oxygen atoms in total. The summed E-state index contributed by atoms with van der Waals surface area (Å²) in [4.78, 5) is 39.5. The molecule has 2 N–H and O–H groups in total. The molecule has 0 spiro atoms. The number of aliphatic hydroxyl groups excluding tert-OH is 1. The highest BCUT2D eigenvalue weighted by molar-refractivity contribution is 6.01. The molecule has 0 bridgehead atoms. The van der Waals surface area contributed by atoms with Gasteiger partial charge in [0.15, 0.2) is 0 Å². The number of unbranched alkanes of at least 4 members (excludes halogenated alkanes) is 2. The molecule has 0 aromatic carbocycles. The van der Waals surface area contributed by atoms with Crippen molar-refractivity contribution in [2.75, 3.05) is 19.7 Å². The van der Waals surface area contributed by atoms with E-state index in [-0.39, 0.29) is 25.9 Å². The van der Waals surface area contributed by atoms with Crippen molar-refractivity contribution in [3.63, 3.8) is 0 Å². The largest absolute Gasteiger partial charge is 0.491 e. The molecule has 1 atom stereocenters. The molecule has 2 rings (SSSR count). The Morgan fingerprint density at radius 1 is 0.917 bits per heavy atom. The lowest BCUT2D eigenvalue weighted by Gasteiger charge is -2.14. The van der Waals surface area contributed by atoms with E-state index in [2.05, 4.69) is 5.32 Å². The zero-order chi connectivity index (χ0) is 25.8. The first kappa shape index (κ1) is 28.7. The predicted octanol–water partition coefficient (Wildman–Crippen LogP) is 3.75. The summed E-state index contributed by atoms with van der Waals surface area (Å²) < 4.78 is 5.77. The van der Waals surface area contributed by atoms with Crippen LogP contribution in [0.25, 0.3) is 0 Å². The second kappa shape index (κ2) is 17.9. The lowest BCUT2D eigenvalue weighted by molar-refractivity contribution is -0.197. The number of nitrogens with zero attached hydrogens (tertiary/aromatic N) is 1. The minimum absolute atomic E-state index is 0.0885. The van der Waals surface area contributed by atoms with Gasteiger partial charge in [0.2, 0.25) is 0 Å². The monoisotopic (exact) mass is 496 g/mol. The van der Waals surface area contributed by atoms with E-state index >= 15 is 0 Å². The zero-order valence-corrected chi connectivity index (χ0v) is 20.6. The van der Waals surface area contributed by atoms with Crippen molar-refractivity contribution in [1.82, 2.24) is 10.4 Å². The van der Waals surface area contributed by atoms with Crippen molar-refractivity contribution in [3.05, 3.63) is 84.7 Å². The predicted molar refractivity (Wildman–Crippen MR) is 138 cm³/mol. The number of hydrogen-bond donors (Lipinski definition) is 2. The molecule has 0 saturated carbocycles. The van der Waals surface area contributed by atoms with Gasteiger partial charge in [-0.2, -0.15) is 0 Å². The third kappa shape index (κ3) is 12.8. The fourth-order valence-corrected chi connectivity index (χ4v) is 3.19. The normalized spacial score (nSPS) is 23.0. The SMILES string of the molecule is O=C(CCCCCNCC(O)CO/C1=C/C=C\C=C/C=C\C=C/C=C\CC=C1)ON1C(=O)CCC1=O. The number of carbonyl (C=O) groups excluding carboxylic acids is 3. The van der Waals surface area contributed by atoms with Crippen molar-refractivity contribution < 1.29 is 29.1 Å². The summed E-state index contributed by atoms with van der Waals surface area (Å²) in [5.41, 5.74) is 0. The summed E-state index contributed by atoms with van der Waals surface area (Å²) >= 11 is 0. The first-order valence-electron chi connectivity index (χ1n) is 12.3.